The van der Waals surface area contributed by atoms with Crippen molar-refractivity contribution in [3.63, 3.8) is 0 Å². The minimum Gasteiger partial charge on any atom is -0.376 e. The van der Waals surface area contributed by atoms with Crippen molar-refractivity contribution in [2.45, 2.75) is 52.6 Å². The number of hydrogen-bond donors (Lipinski definition) is 1. The van der Waals surface area contributed by atoms with E-state index in [9.17, 15) is 0 Å². The van der Waals surface area contributed by atoms with Crippen LogP contribution >= 0.6 is 0 Å². The van der Waals surface area contributed by atoms with Crippen molar-refractivity contribution in [1.82, 2.24) is 5.32 Å². The lowest BCUT2D eigenvalue weighted by molar-refractivity contribution is 0.0884. The zero-order valence-corrected chi connectivity index (χ0v) is 13.7. The Morgan fingerprint density at radius 3 is 2.57 bits per heavy atom. The van der Waals surface area contributed by atoms with Crippen LogP contribution in [-0.2, 0) is 17.8 Å². The average molecular weight is 289 g/mol. The van der Waals surface area contributed by atoms with E-state index in [1.54, 1.807) is 0 Å². The molecule has 1 saturated carbocycles. The Labute approximate surface area is 130 Å². The van der Waals surface area contributed by atoms with Crippen LogP contribution in [0.2, 0.25) is 0 Å². The first-order valence-electron chi connectivity index (χ1n) is 8.61. The first kappa shape index (κ1) is 16.5. The Kier molecular flexibility index (Phi) is 7.25. The number of nitrogens with one attached hydrogen (secondary N) is 1. The van der Waals surface area contributed by atoms with Gasteiger partial charge in [0.1, 0.15) is 0 Å². The molecule has 1 aliphatic rings. The van der Waals surface area contributed by atoms with Crippen molar-refractivity contribution in [2.24, 2.45) is 11.8 Å². The molecule has 0 bridgehead atoms. The predicted molar refractivity (Wildman–Crippen MR) is 89.5 cm³/mol. The zero-order chi connectivity index (χ0) is 14.9. The normalized spacial score (nSPS) is 16.0. The van der Waals surface area contributed by atoms with Gasteiger partial charge >= 0.3 is 0 Å². The number of ether oxygens (including phenoxy) is 1. The molecular formula is C19H31NO. The molecule has 1 fully saturated rings. The van der Waals surface area contributed by atoms with Gasteiger partial charge in [-0.2, -0.15) is 0 Å². The Balaban J connectivity index is 1.73. The van der Waals surface area contributed by atoms with E-state index >= 15 is 0 Å². The highest BCUT2D eigenvalue weighted by Gasteiger charge is 2.15. The SMILES string of the molecule is CC(C)CNCCc1ccccc1COCC1CCCC1. The molecule has 0 amide bonds. The highest BCUT2D eigenvalue weighted by molar-refractivity contribution is 5.26. The first-order chi connectivity index (χ1) is 10.3. The summed E-state index contributed by atoms with van der Waals surface area (Å²) in [6.07, 6.45) is 6.61. The topological polar surface area (TPSA) is 21.3 Å². The van der Waals surface area contributed by atoms with Crippen LogP contribution in [0.5, 0.6) is 0 Å². The molecule has 1 aromatic rings. The molecule has 0 radical (unpaired) electrons. The van der Waals surface area contributed by atoms with E-state index in [1.807, 2.05) is 0 Å². The van der Waals surface area contributed by atoms with Gasteiger partial charge in [0.2, 0.25) is 0 Å². The second-order valence-electron chi connectivity index (χ2n) is 6.78. The molecule has 0 unspecified atom stereocenters. The van der Waals surface area contributed by atoms with Crippen LogP contribution in [-0.4, -0.2) is 19.7 Å². The summed E-state index contributed by atoms with van der Waals surface area (Å²) in [4.78, 5) is 0. The zero-order valence-electron chi connectivity index (χ0n) is 13.7. The van der Waals surface area contributed by atoms with Crippen molar-refractivity contribution in [3.8, 4) is 0 Å². The number of hydrogen-bond acceptors (Lipinski definition) is 2. The van der Waals surface area contributed by atoms with Gasteiger partial charge < -0.3 is 10.1 Å². The van der Waals surface area contributed by atoms with Crippen LogP contribution in [0.4, 0.5) is 0 Å². The fourth-order valence-electron chi connectivity index (χ4n) is 3.07. The standard InChI is InChI=1S/C19H31NO/c1-16(2)13-20-12-11-18-9-5-6-10-19(18)15-21-14-17-7-3-4-8-17/h5-6,9-10,16-17,20H,3-4,7-8,11-15H2,1-2H3. The lowest BCUT2D eigenvalue weighted by atomic mass is 10.0. The van der Waals surface area contributed by atoms with Gasteiger partial charge in [0, 0.05) is 6.61 Å². The van der Waals surface area contributed by atoms with Gasteiger partial charge in [-0.25, -0.2) is 0 Å². The van der Waals surface area contributed by atoms with Crippen LogP contribution in [0.1, 0.15) is 50.7 Å². The van der Waals surface area contributed by atoms with E-state index in [0.29, 0.717) is 0 Å². The number of benzene rings is 1. The molecule has 2 heteroatoms. The molecule has 0 aliphatic heterocycles. The quantitative estimate of drug-likeness (QED) is 0.689. The number of rotatable bonds is 9. The summed E-state index contributed by atoms with van der Waals surface area (Å²) in [7, 11) is 0. The van der Waals surface area contributed by atoms with Crippen molar-refractivity contribution in [1.29, 1.82) is 0 Å². The molecule has 0 saturated heterocycles. The maximum atomic E-state index is 5.97. The predicted octanol–water partition coefficient (Wildman–Crippen LogP) is 4.18. The molecule has 1 aromatic carbocycles. The molecule has 2 rings (SSSR count). The Hall–Kier alpha value is -0.860. The van der Waals surface area contributed by atoms with Crippen molar-refractivity contribution in [3.05, 3.63) is 35.4 Å². The Morgan fingerprint density at radius 2 is 1.86 bits per heavy atom. The summed E-state index contributed by atoms with van der Waals surface area (Å²) in [5, 5.41) is 3.52. The molecule has 0 aromatic heterocycles. The van der Waals surface area contributed by atoms with Gasteiger partial charge in [0.15, 0.2) is 0 Å². The van der Waals surface area contributed by atoms with E-state index in [4.69, 9.17) is 4.74 Å². The van der Waals surface area contributed by atoms with Gasteiger partial charge in [-0.05, 0) is 55.3 Å². The highest BCUT2D eigenvalue weighted by Crippen LogP contribution is 2.25. The van der Waals surface area contributed by atoms with Crippen LogP contribution in [0.15, 0.2) is 24.3 Å². The van der Waals surface area contributed by atoms with Gasteiger partial charge in [-0.3, -0.25) is 0 Å². The Morgan fingerprint density at radius 1 is 1.14 bits per heavy atom. The van der Waals surface area contributed by atoms with E-state index in [-0.39, 0.29) is 0 Å². The van der Waals surface area contributed by atoms with Gasteiger partial charge in [0.25, 0.3) is 0 Å². The fourth-order valence-corrected chi connectivity index (χ4v) is 3.07. The van der Waals surface area contributed by atoms with Gasteiger partial charge in [0.05, 0.1) is 6.61 Å². The molecule has 0 atom stereocenters. The first-order valence-corrected chi connectivity index (χ1v) is 8.61. The minimum atomic E-state index is 0.718. The van der Waals surface area contributed by atoms with Crippen molar-refractivity contribution < 1.29 is 4.74 Å². The highest BCUT2D eigenvalue weighted by atomic mass is 16.5. The summed E-state index contributed by atoms with van der Waals surface area (Å²) >= 11 is 0. The molecule has 0 spiro atoms. The van der Waals surface area contributed by atoms with E-state index in [1.165, 1.54) is 36.8 Å². The second kappa shape index (κ2) is 9.22. The fraction of sp³-hybridized carbons (Fsp3) is 0.684. The third-order valence-corrected chi connectivity index (χ3v) is 4.33. The summed E-state index contributed by atoms with van der Waals surface area (Å²) < 4.78 is 5.97. The molecule has 0 heterocycles. The second-order valence-corrected chi connectivity index (χ2v) is 6.78. The lowest BCUT2D eigenvalue weighted by Gasteiger charge is -2.13. The molecule has 1 N–H and O–H groups in total. The van der Waals surface area contributed by atoms with E-state index in [2.05, 4.69) is 43.4 Å². The largest absolute Gasteiger partial charge is 0.376 e. The summed E-state index contributed by atoms with van der Waals surface area (Å²) in [6, 6.07) is 8.72. The van der Waals surface area contributed by atoms with Gasteiger partial charge in [-0.15, -0.1) is 0 Å². The maximum absolute atomic E-state index is 5.97. The average Bonchev–Trinajstić information content (AvgIpc) is 2.98. The summed E-state index contributed by atoms with van der Waals surface area (Å²) in [6.45, 7) is 8.37. The Bertz CT molecular complexity index is 396. The van der Waals surface area contributed by atoms with E-state index < -0.39 is 0 Å². The van der Waals surface area contributed by atoms with E-state index in [0.717, 1.165) is 44.6 Å². The van der Waals surface area contributed by atoms with Crippen LogP contribution in [0.3, 0.4) is 0 Å². The van der Waals surface area contributed by atoms with Crippen molar-refractivity contribution in [2.75, 3.05) is 19.7 Å². The van der Waals surface area contributed by atoms with Gasteiger partial charge in [-0.1, -0.05) is 51.0 Å². The monoisotopic (exact) mass is 289 g/mol. The smallest absolute Gasteiger partial charge is 0.0719 e. The van der Waals surface area contributed by atoms with Crippen LogP contribution in [0.25, 0.3) is 0 Å². The minimum absolute atomic E-state index is 0.718. The molecule has 118 valence electrons. The lowest BCUT2D eigenvalue weighted by Crippen LogP contribution is -2.22. The molecule has 1 aliphatic carbocycles. The van der Waals surface area contributed by atoms with Crippen LogP contribution < -0.4 is 5.32 Å². The van der Waals surface area contributed by atoms with Crippen molar-refractivity contribution >= 4 is 0 Å². The third-order valence-electron chi connectivity index (χ3n) is 4.33. The summed E-state index contributed by atoms with van der Waals surface area (Å²) in [5.74, 6) is 1.53. The summed E-state index contributed by atoms with van der Waals surface area (Å²) in [5.41, 5.74) is 2.79. The molecule has 2 nitrogen and oxygen atoms in total. The molecular weight excluding hydrogens is 258 g/mol. The molecule has 21 heavy (non-hydrogen) atoms. The maximum Gasteiger partial charge on any atom is 0.0719 e. The van der Waals surface area contributed by atoms with Crippen LogP contribution in [0, 0.1) is 11.8 Å². The third kappa shape index (κ3) is 6.19.